The predicted molar refractivity (Wildman–Crippen MR) is 151 cm³/mol. The number of nitrogens with zero attached hydrogens (tertiary/aromatic N) is 3. The molecule has 0 radical (unpaired) electrons. The number of Topliss-reactive ketones (excluding diaryl/α,β-unsaturated/α-hetero) is 1. The Bertz CT molecular complexity index is 1470. The van der Waals surface area contributed by atoms with E-state index in [4.69, 9.17) is 9.84 Å². The van der Waals surface area contributed by atoms with E-state index < -0.39 is 17.1 Å². The van der Waals surface area contributed by atoms with Crippen molar-refractivity contribution in [3.8, 4) is 11.6 Å². The first kappa shape index (κ1) is 25.7. The molecule has 7 atom stereocenters. The lowest BCUT2D eigenvalue weighted by Crippen LogP contribution is -2.62. The number of ether oxygens (including phenoxy) is 1. The maximum absolute atomic E-state index is 13.5. The Morgan fingerprint density at radius 2 is 1.93 bits per heavy atom. The number of aromatic nitrogens is 3. The number of allylic oxidation sites excluding steroid dienone is 1. The third-order valence-corrected chi connectivity index (χ3v) is 11.0. The fraction of sp³-hybridized carbons (Fsp3) is 0.485. The van der Waals surface area contributed by atoms with Crippen molar-refractivity contribution in [1.29, 1.82) is 0 Å². The minimum atomic E-state index is -1.52. The van der Waals surface area contributed by atoms with Crippen LogP contribution in [-0.2, 0) is 11.2 Å². The SMILES string of the molecule is CC12Cc3cnn(-c4ccccc4)c3C=C1CCC1C2[C@@H](O)CC2(C)C1CC[C@]2(O)C(=O)COc1ccccn1. The highest BCUT2D eigenvalue weighted by molar-refractivity contribution is 5.90. The zero-order valence-corrected chi connectivity index (χ0v) is 23.2. The molecule has 2 heterocycles. The van der Waals surface area contributed by atoms with E-state index in [0.29, 0.717) is 18.7 Å². The summed E-state index contributed by atoms with van der Waals surface area (Å²) < 4.78 is 7.68. The number of aliphatic hydroxyl groups is 2. The van der Waals surface area contributed by atoms with Crippen LogP contribution in [0, 0.1) is 28.6 Å². The molecule has 0 spiro atoms. The number of benzene rings is 1. The van der Waals surface area contributed by atoms with Gasteiger partial charge in [0.2, 0.25) is 11.7 Å². The van der Waals surface area contributed by atoms with Crippen LogP contribution in [0.15, 0.2) is 66.5 Å². The van der Waals surface area contributed by atoms with Gasteiger partial charge in [-0.2, -0.15) is 5.10 Å². The summed E-state index contributed by atoms with van der Waals surface area (Å²) in [5.41, 5.74) is 2.37. The summed E-state index contributed by atoms with van der Waals surface area (Å²) in [6, 6.07) is 15.5. The van der Waals surface area contributed by atoms with Gasteiger partial charge in [0, 0.05) is 17.7 Å². The minimum Gasteiger partial charge on any atom is -0.470 e. The summed E-state index contributed by atoms with van der Waals surface area (Å²) in [6.45, 7) is 4.12. The van der Waals surface area contributed by atoms with Crippen LogP contribution in [0.25, 0.3) is 11.8 Å². The van der Waals surface area contributed by atoms with Gasteiger partial charge in [0.1, 0.15) is 5.60 Å². The molecule has 7 nitrogen and oxygen atoms in total. The first-order valence-electron chi connectivity index (χ1n) is 14.6. The van der Waals surface area contributed by atoms with Crippen molar-refractivity contribution < 1.29 is 19.7 Å². The number of carbonyl (C=O) groups is 1. The van der Waals surface area contributed by atoms with E-state index in [9.17, 15) is 15.0 Å². The molecule has 3 saturated carbocycles. The number of carbonyl (C=O) groups excluding carboxylic acids is 1. The van der Waals surface area contributed by atoms with E-state index in [-0.39, 0.29) is 35.6 Å². The lowest BCUT2D eigenvalue weighted by atomic mass is 9.45. The van der Waals surface area contributed by atoms with Crippen molar-refractivity contribution in [1.82, 2.24) is 14.8 Å². The summed E-state index contributed by atoms with van der Waals surface area (Å²) in [5.74, 6) is 0.527. The van der Waals surface area contributed by atoms with Crippen molar-refractivity contribution in [2.45, 2.75) is 64.1 Å². The van der Waals surface area contributed by atoms with Gasteiger partial charge < -0.3 is 14.9 Å². The second kappa shape index (κ2) is 9.11. The average Bonchev–Trinajstić information content (AvgIpc) is 3.48. The van der Waals surface area contributed by atoms with Crippen molar-refractivity contribution in [2.24, 2.45) is 28.6 Å². The number of pyridine rings is 1. The van der Waals surface area contributed by atoms with Gasteiger partial charge in [0.25, 0.3) is 0 Å². The molecule has 3 aromatic rings. The van der Waals surface area contributed by atoms with Crippen LogP contribution >= 0.6 is 0 Å². The van der Waals surface area contributed by atoms with Gasteiger partial charge in [0.05, 0.1) is 23.7 Å². The van der Waals surface area contributed by atoms with Crippen LogP contribution in [0.3, 0.4) is 0 Å². The maximum Gasteiger partial charge on any atom is 0.213 e. The standard InChI is InChI=1S/C33H37N3O4/c1-31-17-21-19-35-36(23-8-4-3-5-9-23)26(21)16-22(31)11-12-24-25-13-14-33(39,32(25,2)18-27(37)30(24)31)28(38)20-40-29-10-6-7-15-34-29/h3-10,15-16,19,24-25,27,30,37,39H,11-14,17-18,20H2,1-2H3/t24?,25?,27-,30?,31?,32?,33-/m0/s1. The average molecular weight is 540 g/mol. The molecule has 0 amide bonds. The smallest absolute Gasteiger partial charge is 0.213 e. The zero-order chi connectivity index (χ0) is 27.7. The molecule has 1 aromatic carbocycles. The van der Waals surface area contributed by atoms with E-state index in [2.05, 4.69) is 30.1 Å². The molecular formula is C33H37N3O4. The molecule has 7 heteroatoms. The Hall–Kier alpha value is -3.29. The lowest BCUT2D eigenvalue weighted by molar-refractivity contribution is -0.180. The highest BCUT2D eigenvalue weighted by Gasteiger charge is 2.68. The molecule has 7 rings (SSSR count). The quantitative estimate of drug-likeness (QED) is 0.484. The number of hydrogen-bond donors (Lipinski definition) is 2. The largest absolute Gasteiger partial charge is 0.470 e. The molecule has 0 bridgehead atoms. The van der Waals surface area contributed by atoms with Crippen LogP contribution in [0.4, 0.5) is 0 Å². The Morgan fingerprint density at radius 3 is 2.70 bits per heavy atom. The van der Waals surface area contributed by atoms with Gasteiger partial charge in [-0.05, 0) is 91.5 Å². The Kier molecular flexibility index (Phi) is 5.85. The van der Waals surface area contributed by atoms with E-state index in [1.807, 2.05) is 36.0 Å². The number of rotatable bonds is 5. The third kappa shape index (κ3) is 3.60. The molecule has 2 N–H and O–H groups in total. The second-order valence-electron chi connectivity index (χ2n) is 12.9. The molecule has 0 aliphatic heterocycles. The molecule has 4 aliphatic carbocycles. The molecule has 5 unspecified atom stereocenters. The first-order chi connectivity index (χ1) is 19.2. The minimum absolute atomic E-state index is 0.0704. The third-order valence-electron chi connectivity index (χ3n) is 11.0. The summed E-state index contributed by atoms with van der Waals surface area (Å²) in [7, 11) is 0. The Labute approximate surface area is 234 Å². The second-order valence-corrected chi connectivity index (χ2v) is 12.9. The molecule has 0 saturated heterocycles. The van der Waals surface area contributed by atoms with E-state index >= 15 is 0 Å². The van der Waals surface area contributed by atoms with Crippen LogP contribution in [0.1, 0.15) is 57.2 Å². The lowest BCUT2D eigenvalue weighted by Gasteiger charge is -2.60. The van der Waals surface area contributed by atoms with Crippen LogP contribution < -0.4 is 4.74 Å². The van der Waals surface area contributed by atoms with Gasteiger partial charge >= 0.3 is 0 Å². The molecule has 2 aromatic heterocycles. The molecule has 208 valence electrons. The first-order valence-corrected chi connectivity index (χ1v) is 14.6. The van der Waals surface area contributed by atoms with E-state index in [0.717, 1.165) is 37.1 Å². The summed E-state index contributed by atoms with van der Waals surface area (Å²) >= 11 is 0. The summed E-state index contributed by atoms with van der Waals surface area (Å²) in [5, 5.41) is 28.6. The van der Waals surface area contributed by atoms with Crippen LogP contribution in [0.2, 0.25) is 0 Å². The maximum atomic E-state index is 13.5. The predicted octanol–water partition coefficient (Wildman–Crippen LogP) is 4.80. The van der Waals surface area contributed by atoms with Crippen LogP contribution in [0.5, 0.6) is 5.88 Å². The molecular weight excluding hydrogens is 502 g/mol. The molecule has 3 fully saturated rings. The van der Waals surface area contributed by atoms with Crippen LogP contribution in [-0.4, -0.2) is 49.1 Å². The van der Waals surface area contributed by atoms with E-state index in [1.165, 1.54) is 11.1 Å². The van der Waals surface area contributed by atoms with Crippen molar-refractivity contribution in [3.05, 3.63) is 77.8 Å². The molecule has 40 heavy (non-hydrogen) atoms. The highest BCUT2D eigenvalue weighted by Crippen LogP contribution is 2.67. The number of para-hydroxylation sites is 1. The van der Waals surface area contributed by atoms with Crippen molar-refractivity contribution in [2.75, 3.05) is 6.61 Å². The monoisotopic (exact) mass is 539 g/mol. The van der Waals surface area contributed by atoms with Gasteiger partial charge in [-0.25, -0.2) is 9.67 Å². The topological polar surface area (TPSA) is 97.5 Å². The normalized spacial score (nSPS) is 36.0. The molecule has 4 aliphatic rings. The van der Waals surface area contributed by atoms with Gasteiger partial charge in [-0.15, -0.1) is 0 Å². The van der Waals surface area contributed by atoms with Crippen molar-refractivity contribution >= 4 is 11.9 Å². The number of aliphatic hydroxyl groups excluding tert-OH is 1. The zero-order valence-electron chi connectivity index (χ0n) is 23.2. The number of ketones is 1. The summed E-state index contributed by atoms with van der Waals surface area (Å²) in [4.78, 5) is 17.7. The summed E-state index contributed by atoms with van der Waals surface area (Å²) in [6.07, 6.45) is 9.64. The van der Waals surface area contributed by atoms with E-state index in [1.54, 1.807) is 24.4 Å². The van der Waals surface area contributed by atoms with Gasteiger partial charge in [0.15, 0.2) is 6.61 Å². The Balaban J connectivity index is 1.17. The highest BCUT2D eigenvalue weighted by atomic mass is 16.5. The fourth-order valence-corrected chi connectivity index (χ4v) is 9.11. The number of fused-ring (bicyclic) bond motifs is 6. The fourth-order valence-electron chi connectivity index (χ4n) is 9.11. The van der Waals surface area contributed by atoms with Gasteiger partial charge in [-0.1, -0.05) is 43.7 Å². The Morgan fingerprint density at radius 1 is 1.12 bits per heavy atom. The number of hydrogen-bond acceptors (Lipinski definition) is 6. The van der Waals surface area contributed by atoms with Gasteiger partial charge in [-0.3, -0.25) is 4.79 Å². The van der Waals surface area contributed by atoms with Crippen molar-refractivity contribution in [3.63, 3.8) is 0 Å².